The lowest BCUT2D eigenvalue weighted by Crippen LogP contribution is -2.41. The summed E-state index contributed by atoms with van der Waals surface area (Å²) in [5, 5.41) is 2.82. The lowest BCUT2D eigenvalue weighted by atomic mass is 9.82. The maximum atomic E-state index is 13.1. The molecule has 0 radical (unpaired) electrons. The molecule has 7 nitrogen and oxygen atoms in total. The number of hydrogen-bond acceptors (Lipinski definition) is 7. The second kappa shape index (κ2) is 7.55. The van der Waals surface area contributed by atoms with Crippen molar-refractivity contribution in [2.45, 2.75) is 19.0 Å². The zero-order chi connectivity index (χ0) is 19.6. The Morgan fingerprint density at radius 1 is 1.27 bits per heavy atom. The van der Waals surface area contributed by atoms with Gasteiger partial charge in [0.15, 0.2) is 5.69 Å². The Hall–Kier alpha value is -1.62. The molecule has 0 atom stereocenters. The number of alkyl halides is 3. The third-order valence-electron chi connectivity index (χ3n) is 4.20. The number of aromatic nitrogens is 2. The van der Waals surface area contributed by atoms with E-state index < -0.39 is 27.1 Å². The van der Waals surface area contributed by atoms with E-state index in [1.165, 1.54) is 4.90 Å². The van der Waals surface area contributed by atoms with Crippen molar-refractivity contribution in [1.82, 2.24) is 9.97 Å². The maximum Gasteiger partial charge on any atom is 0.433 e. The quantitative estimate of drug-likeness (QED) is 0.785. The molecular weight excluding hydrogens is 373 g/mol. The molecule has 1 N–H and O–H groups in total. The van der Waals surface area contributed by atoms with Crippen LogP contribution >= 0.6 is 0 Å². The van der Waals surface area contributed by atoms with Gasteiger partial charge in [-0.2, -0.15) is 18.2 Å². The minimum absolute atomic E-state index is 0.0736. The number of nitrogens with zero attached hydrogens (tertiary/aromatic N) is 3. The smallest absolute Gasteiger partial charge is 0.381 e. The molecule has 11 heteroatoms. The van der Waals surface area contributed by atoms with Crippen molar-refractivity contribution >= 4 is 21.6 Å². The van der Waals surface area contributed by atoms with Crippen molar-refractivity contribution in [2.75, 3.05) is 56.1 Å². The Balaban J connectivity index is 2.26. The first-order chi connectivity index (χ1) is 11.9. The summed E-state index contributed by atoms with van der Waals surface area (Å²) in [6, 6.07) is 0.867. The predicted octanol–water partition coefficient (Wildman–Crippen LogP) is 1.81. The standard InChI is InChI=1S/C15H23F3N4O3S/c1-22(2)12-8-11(15(16,17)18)20-13(21-12)19-9-14(10-26(3,23)24)4-6-25-7-5-14/h8H,4-7,9-10H2,1-3H3,(H,19,20,21). The summed E-state index contributed by atoms with van der Waals surface area (Å²) < 4.78 is 68.1. The molecule has 0 aliphatic carbocycles. The highest BCUT2D eigenvalue weighted by atomic mass is 32.2. The van der Waals surface area contributed by atoms with Crippen molar-refractivity contribution < 1.29 is 26.3 Å². The normalized spacial score (nSPS) is 17.8. The minimum Gasteiger partial charge on any atom is -0.381 e. The van der Waals surface area contributed by atoms with Gasteiger partial charge in [0.1, 0.15) is 15.7 Å². The summed E-state index contributed by atoms with van der Waals surface area (Å²) in [6.45, 7) is 0.963. The van der Waals surface area contributed by atoms with Crippen LogP contribution in [0.4, 0.5) is 24.9 Å². The van der Waals surface area contributed by atoms with Gasteiger partial charge >= 0.3 is 6.18 Å². The molecule has 2 heterocycles. The van der Waals surface area contributed by atoms with E-state index in [2.05, 4.69) is 15.3 Å². The third kappa shape index (κ3) is 5.70. The largest absolute Gasteiger partial charge is 0.433 e. The molecule has 0 bridgehead atoms. The number of halogens is 3. The highest BCUT2D eigenvalue weighted by molar-refractivity contribution is 7.90. The highest BCUT2D eigenvalue weighted by Gasteiger charge is 2.37. The second-order valence-corrected chi connectivity index (χ2v) is 9.00. The first kappa shape index (κ1) is 20.7. The third-order valence-corrected chi connectivity index (χ3v) is 5.34. The number of sulfone groups is 1. The summed E-state index contributed by atoms with van der Waals surface area (Å²) in [6.07, 6.45) is -2.47. The summed E-state index contributed by atoms with van der Waals surface area (Å²) in [5.41, 5.74) is -1.68. The van der Waals surface area contributed by atoms with Crippen LogP contribution in [0.2, 0.25) is 0 Å². The van der Waals surface area contributed by atoms with Gasteiger partial charge in [-0.3, -0.25) is 0 Å². The second-order valence-electron chi connectivity index (χ2n) is 6.86. The van der Waals surface area contributed by atoms with Gasteiger partial charge in [0, 0.05) is 51.6 Å². The molecule has 2 rings (SSSR count). The molecule has 26 heavy (non-hydrogen) atoms. The Labute approximate surface area is 150 Å². The van der Waals surface area contributed by atoms with Crippen LogP contribution in [0.1, 0.15) is 18.5 Å². The lowest BCUT2D eigenvalue weighted by Gasteiger charge is -2.36. The van der Waals surface area contributed by atoms with Gasteiger partial charge in [0.05, 0.1) is 5.75 Å². The number of anilines is 2. The van der Waals surface area contributed by atoms with Crippen LogP contribution in [0.3, 0.4) is 0 Å². The minimum atomic E-state index is -4.60. The first-order valence-electron chi connectivity index (χ1n) is 8.03. The van der Waals surface area contributed by atoms with E-state index in [-0.39, 0.29) is 24.1 Å². The van der Waals surface area contributed by atoms with Crippen LogP contribution in [-0.4, -0.2) is 64.2 Å². The monoisotopic (exact) mass is 396 g/mol. The van der Waals surface area contributed by atoms with Gasteiger partial charge in [-0.1, -0.05) is 0 Å². The number of rotatable bonds is 6. The predicted molar refractivity (Wildman–Crippen MR) is 92.0 cm³/mol. The van der Waals surface area contributed by atoms with Gasteiger partial charge in [-0.25, -0.2) is 13.4 Å². The Bertz CT molecular complexity index is 732. The van der Waals surface area contributed by atoms with Crippen molar-refractivity contribution in [3.63, 3.8) is 0 Å². The number of hydrogen-bond donors (Lipinski definition) is 1. The van der Waals surface area contributed by atoms with Crippen LogP contribution in [0.15, 0.2) is 6.07 Å². The Morgan fingerprint density at radius 2 is 1.88 bits per heavy atom. The van der Waals surface area contributed by atoms with Crippen molar-refractivity contribution in [1.29, 1.82) is 0 Å². The van der Waals surface area contributed by atoms with E-state index in [0.717, 1.165) is 12.3 Å². The van der Waals surface area contributed by atoms with E-state index in [1.807, 2.05) is 0 Å². The highest BCUT2D eigenvalue weighted by Crippen LogP contribution is 2.33. The van der Waals surface area contributed by atoms with Crippen molar-refractivity contribution in [3.05, 3.63) is 11.8 Å². The van der Waals surface area contributed by atoms with E-state index in [4.69, 9.17) is 4.74 Å². The lowest BCUT2D eigenvalue weighted by molar-refractivity contribution is -0.141. The fourth-order valence-corrected chi connectivity index (χ4v) is 4.39. The van der Waals surface area contributed by atoms with Gasteiger partial charge < -0.3 is 15.0 Å². The van der Waals surface area contributed by atoms with Crippen LogP contribution in [0.5, 0.6) is 0 Å². The SMILES string of the molecule is CN(C)c1cc(C(F)(F)F)nc(NCC2(CS(C)(=O)=O)CCOCC2)n1. The molecule has 148 valence electrons. The molecule has 1 aliphatic rings. The molecular formula is C15H23F3N4O3S. The van der Waals surface area contributed by atoms with Gasteiger partial charge in [0.2, 0.25) is 5.95 Å². The average molecular weight is 396 g/mol. The van der Waals surface area contributed by atoms with Crippen LogP contribution in [0.25, 0.3) is 0 Å². The van der Waals surface area contributed by atoms with Crippen LogP contribution in [-0.2, 0) is 20.8 Å². The van der Waals surface area contributed by atoms with Gasteiger partial charge in [-0.15, -0.1) is 0 Å². The summed E-state index contributed by atoms with van der Waals surface area (Å²) in [5.74, 6) is -0.141. The van der Waals surface area contributed by atoms with Gasteiger partial charge in [-0.05, 0) is 12.8 Å². The van der Waals surface area contributed by atoms with Crippen LogP contribution in [0, 0.1) is 5.41 Å². The average Bonchev–Trinajstić information content (AvgIpc) is 2.51. The molecule has 1 saturated heterocycles. The Kier molecular flexibility index (Phi) is 6.01. The summed E-state index contributed by atoms with van der Waals surface area (Å²) in [4.78, 5) is 9.07. The molecule has 0 aromatic carbocycles. The molecule has 0 amide bonds. The Morgan fingerprint density at radius 3 is 2.38 bits per heavy atom. The molecule has 0 unspecified atom stereocenters. The summed E-state index contributed by atoms with van der Waals surface area (Å²) >= 11 is 0. The molecule has 1 aliphatic heterocycles. The zero-order valence-electron chi connectivity index (χ0n) is 14.9. The maximum absolute atomic E-state index is 13.1. The number of ether oxygens (including phenoxy) is 1. The van der Waals surface area contributed by atoms with Crippen molar-refractivity contribution in [3.8, 4) is 0 Å². The molecule has 0 spiro atoms. The van der Waals surface area contributed by atoms with Crippen molar-refractivity contribution in [2.24, 2.45) is 5.41 Å². The van der Waals surface area contributed by atoms with E-state index in [0.29, 0.717) is 26.1 Å². The first-order valence-corrected chi connectivity index (χ1v) is 10.1. The molecule has 0 saturated carbocycles. The molecule has 1 aromatic heterocycles. The fourth-order valence-electron chi connectivity index (χ4n) is 2.89. The van der Waals surface area contributed by atoms with Gasteiger partial charge in [0.25, 0.3) is 0 Å². The zero-order valence-corrected chi connectivity index (χ0v) is 15.7. The van der Waals surface area contributed by atoms with E-state index in [9.17, 15) is 21.6 Å². The van der Waals surface area contributed by atoms with E-state index >= 15 is 0 Å². The van der Waals surface area contributed by atoms with Crippen LogP contribution < -0.4 is 10.2 Å². The topological polar surface area (TPSA) is 84.4 Å². The fraction of sp³-hybridized carbons (Fsp3) is 0.733. The molecule has 1 aromatic rings. The summed E-state index contributed by atoms with van der Waals surface area (Å²) in [7, 11) is -0.106. The number of nitrogens with one attached hydrogen (secondary N) is 1. The molecule has 1 fully saturated rings. The van der Waals surface area contributed by atoms with E-state index in [1.54, 1.807) is 14.1 Å².